The van der Waals surface area contributed by atoms with Crippen LogP contribution in [0.15, 0.2) is 28.8 Å². The van der Waals surface area contributed by atoms with E-state index in [1.807, 2.05) is 39.5 Å². The molecule has 1 aromatic heterocycles. The fourth-order valence-corrected chi connectivity index (χ4v) is 2.61. The van der Waals surface area contributed by atoms with Crippen molar-refractivity contribution >= 4 is 23.2 Å². The number of nitrogens with zero attached hydrogens (tertiary/aromatic N) is 3. The molecule has 2 amide bonds. The van der Waals surface area contributed by atoms with Crippen molar-refractivity contribution in [2.24, 2.45) is 0 Å². The highest BCUT2D eigenvalue weighted by Crippen LogP contribution is 2.23. The zero-order valence-corrected chi connectivity index (χ0v) is 17.4. The van der Waals surface area contributed by atoms with Crippen LogP contribution in [0.2, 0.25) is 0 Å². The molecule has 2 rings (SSSR count). The van der Waals surface area contributed by atoms with E-state index in [0.717, 1.165) is 0 Å². The number of carbonyl (C=O) groups is 2. The Balaban J connectivity index is 1.98. The van der Waals surface area contributed by atoms with Gasteiger partial charge in [-0.3, -0.25) is 14.5 Å². The molecule has 0 aliphatic carbocycles. The van der Waals surface area contributed by atoms with Gasteiger partial charge < -0.3 is 15.2 Å². The number of carbonyl (C=O) groups excluding carboxylic acids is 2. The number of amides is 2. The molecule has 0 saturated carbocycles. The molecule has 28 heavy (non-hydrogen) atoms. The number of nitrogens with one attached hydrogen (secondary N) is 2. The third kappa shape index (κ3) is 5.88. The predicted octanol–water partition coefficient (Wildman–Crippen LogP) is 3.35. The van der Waals surface area contributed by atoms with Gasteiger partial charge in [0.25, 0.3) is 0 Å². The molecule has 0 aliphatic heterocycles. The molecule has 0 saturated heterocycles. The van der Waals surface area contributed by atoms with Gasteiger partial charge >= 0.3 is 0 Å². The molecule has 8 nitrogen and oxygen atoms in total. The number of likely N-dealkylation sites (N-methyl/N-ethyl adjacent to an activating group) is 1. The number of benzene rings is 1. The molecular weight excluding hydrogens is 358 g/mol. The monoisotopic (exact) mass is 387 g/mol. The maximum absolute atomic E-state index is 12.5. The van der Waals surface area contributed by atoms with Crippen LogP contribution in [0.4, 0.5) is 11.4 Å². The van der Waals surface area contributed by atoms with E-state index in [2.05, 4.69) is 20.8 Å². The second-order valence-electron chi connectivity index (χ2n) is 7.75. The van der Waals surface area contributed by atoms with Crippen LogP contribution in [0.5, 0.6) is 0 Å². The van der Waals surface area contributed by atoms with Gasteiger partial charge in [0.1, 0.15) is 0 Å². The maximum atomic E-state index is 12.5. The summed E-state index contributed by atoms with van der Waals surface area (Å²) in [7, 11) is 0. The summed E-state index contributed by atoms with van der Waals surface area (Å²) >= 11 is 0. The third-order valence-corrected chi connectivity index (χ3v) is 4.26. The Bertz CT molecular complexity index is 808. The Labute approximate surface area is 165 Å². The van der Waals surface area contributed by atoms with Gasteiger partial charge in [-0.05, 0) is 37.7 Å². The minimum atomic E-state index is -0.195. The van der Waals surface area contributed by atoms with Crippen molar-refractivity contribution in [3.8, 4) is 0 Å². The van der Waals surface area contributed by atoms with E-state index in [1.54, 1.807) is 24.3 Å². The van der Waals surface area contributed by atoms with Crippen molar-refractivity contribution in [3.63, 3.8) is 0 Å². The molecule has 0 bridgehead atoms. The van der Waals surface area contributed by atoms with Crippen molar-refractivity contribution in [3.05, 3.63) is 36.0 Å². The minimum absolute atomic E-state index is 0.139. The van der Waals surface area contributed by atoms with Gasteiger partial charge in [-0.25, -0.2) is 0 Å². The Morgan fingerprint density at radius 3 is 2.18 bits per heavy atom. The van der Waals surface area contributed by atoms with Crippen LogP contribution < -0.4 is 10.6 Å². The smallest absolute Gasteiger partial charge is 0.243 e. The van der Waals surface area contributed by atoms with Crippen molar-refractivity contribution < 1.29 is 14.1 Å². The van der Waals surface area contributed by atoms with Crippen LogP contribution in [0, 0.1) is 0 Å². The maximum Gasteiger partial charge on any atom is 0.243 e. The molecule has 1 atom stereocenters. The third-order valence-electron chi connectivity index (χ3n) is 4.26. The first-order valence-corrected chi connectivity index (χ1v) is 9.35. The molecule has 1 heterocycles. The number of hydrogen-bond donors (Lipinski definition) is 2. The lowest BCUT2D eigenvalue weighted by molar-refractivity contribution is -0.118. The van der Waals surface area contributed by atoms with Crippen LogP contribution in [0.1, 0.15) is 59.3 Å². The number of rotatable bonds is 7. The summed E-state index contributed by atoms with van der Waals surface area (Å²) in [6, 6.07) is 6.79. The number of hydrogen-bond acceptors (Lipinski definition) is 6. The molecule has 2 N–H and O–H groups in total. The van der Waals surface area contributed by atoms with Crippen molar-refractivity contribution in [2.45, 2.75) is 53.0 Å². The number of aromatic nitrogens is 2. The lowest BCUT2D eigenvalue weighted by Gasteiger charge is -2.24. The Kier molecular flexibility index (Phi) is 6.90. The van der Waals surface area contributed by atoms with Crippen molar-refractivity contribution in [1.29, 1.82) is 0 Å². The highest BCUT2D eigenvalue weighted by Gasteiger charge is 2.26. The van der Waals surface area contributed by atoms with Crippen LogP contribution in [0.25, 0.3) is 0 Å². The molecule has 152 valence electrons. The Morgan fingerprint density at radius 1 is 1.14 bits per heavy atom. The van der Waals surface area contributed by atoms with Gasteiger partial charge in [-0.15, -0.1) is 0 Å². The highest BCUT2D eigenvalue weighted by atomic mass is 16.5. The van der Waals surface area contributed by atoms with Crippen LogP contribution >= 0.6 is 0 Å². The van der Waals surface area contributed by atoms with E-state index in [9.17, 15) is 9.59 Å². The predicted molar refractivity (Wildman–Crippen MR) is 108 cm³/mol. The second kappa shape index (κ2) is 8.97. The molecule has 8 heteroatoms. The lowest BCUT2D eigenvalue weighted by Crippen LogP contribution is -2.35. The zero-order chi connectivity index (χ0) is 20.9. The van der Waals surface area contributed by atoms with E-state index < -0.39 is 0 Å². The van der Waals surface area contributed by atoms with Crippen molar-refractivity contribution in [1.82, 2.24) is 15.0 Å². The summed E-state index contributed by atoms with van der Waals surface area (Å²) < 4.78 is 5.41. The Hall–Kier alpha value is -2.74. The van der Waals surface area contributed by atoms with E-state index in [0.29, 0.717) is 29.6 Å². The fourth-order valence-electron chi connectivity index (χ4n) is 2.61. The van der Waals surface area contributed by atoms with Gasteiger partial charge in [0.05, 0.1) is 12.6 Å². The summed E-state index contributed by atoms with van der Waals surface area (Å²) in [5.74, 6) is 0.866. The first-order valence-electron chi connectivity index (χ1n) is 9.35. The van der Waals surface area contributed by atoms with Gasteiger partial charge in [-0.1, -0.05) is 32.9 Å². The standard InChI is InChI=1S/C20H29N5O3/c1-7-25(13(2)18-23-19(24-28-18)20(4,5)6)12-17(27)22-16-10-8-15(9-11-16)21-14(3)26/h8-11,13H,7,12H2,1-6H3,(H,21,26)(H,22,27). The molecule has 0 radical (unpaired) electrons. The normalized spacial score (nSPS) is 12.7. The summed E-state index contributed by atoms with van der Waals surface area (Å²) in [5, 5.41) is 9.61. The zero-order valence-electron chi connectivity index (χ0n) is 17.4. The number of anilines is 2. The average Bonchev–Trinajstić information content (AvgIpc) is 3.11. The van der Waals surface area contributed by atoms with E-state index in [-0.39, 0.29) is 29.8 Å². The first-order chi connectivity index (χ1) is 13.1. The minimum Gasteiger partial charge on any atom is -0.338 e. The molecule has 2 aromatic rings. The van der Waals surface area contributed by atoms with Crippen LogP contribution in [-0.2, 0) is 15.0 Å². The van der Waals surface area contributed by atoms with Gasteiger partial charge in [0.15, 0.2) is 5.82 Å². The van der Waals surface area contributed by atoms with Crippen molar-refractivity contribution in [2.75, 3.05) is 23.7 Å². The van der Waals surface area contributed by atoms with Gasteiger partial charge in [0, 0.05) is 23.7 Å². The van der Waals surface area contributed by atoms with Crippen LogP contribution in [-0.4, -0.2) is 39.9 Å². The van der Waals surface area contributed by atoms with E-state index in [4.69, 9.17) is 4.52 Å². The lowest BCUT2D eigenvalue weighted by atomic mass is 9.96. The van der Waals surface area contributed by atoms with Gasteiger partial charge in [-0.2, -0.15) is 4.98 Å². The molecule has 1 unspecified atom stereocenters. The highest BCUT2D eigenvalue weighted by molar-refractivity contribution is 5.93. The topological polar surface area (TPSA) is 100 Å². The largest absolute Gasteiger partial charge is 0.338 e. The summed E-state index contributed by atoms with van der Waals surface area (Å²) in [6.07, 6.45) is 0. The molecule has 0 aliphatic rings. The molecular formula is C20H29N5O3. The van der Waals surface area contributed by atoms with Crippen LogP contribution in [0.3, 0.4) is 0 Å². The van der Waals surface area contributed by atoms with Gasteiger partial charge in [0.2, 0.25) is 17.7 Å². The second-order valence-corrected chi connectivity index (χ2v) is 7.75. The summed E-state index contributed by atoms with van der Waals surface area (Å²) in [5.41, 5.74) is 1.15. The fraction of sp³-hybridized carbons (Fsp3) is 0.500. The van der Waals surface area contributed by atoms with E-state index >= 15 is 0 Å². The average molecular weight is 387 g/mol. The quantitative estimate of drug-likeness (QED) is 0.756. The molecule has 0 spiro atoms. The molecule has 0 fully saturated rings. The SMILES string of the molecule is CCN(CC(=O)Nc1ccc(NC(C)=O)cc1)C(C)c1nc(C(C)(C)C)no1. The summed E-state index contributed by atoms with van der Waals surface area (Å²) in [4.78, 5) is 30.0. The summed E-state index contributed by atoms with van der Waals surface area (Å²) in [6.45, 7) is 12.3. The van der Waals surface area contributed by atoms with E-state index in [1.165, 1.54) is 6.92 Å². The Morgan fingerprint density at radius 2 is 1.71 bits per heavy atom. The first kappa shape index (κ1) is 21.6. The molecule has 1 aromatic carbocycles.